The average molecular weight is 480 g/mol. The summed E-state index contributed by atoms with van der Waals surface area (Å²) in [5, 5.41) is 0. The van der Waals surface area contributed by atoms with Gasteiger partial charge in [-0.15, -0.1) is 0 Å². The number of hydrogen-bond acceptors (Lipinski definition) is 0. The molecule has 0 bridgehead atoms. The van der Waals surface area contributed by atoms with E-state index in [1.807, 2.05) is 0 Å². The average Bonchev–Trinajstić information content (AvgIpc) is 3.52. The Bertz CT molecular complexity index is 366. The van der Waals surface area contributed by atoms with Crippen LogP contribution in [0, 0.1) is 0 Å². The van der Waals surface area contributed by atoms with Crippen molar-refractivity contribution in [2.45, 2.75) is 164 Å². The summed E-state index contributed by atoms with van der Waals surface area (Å²) < 4.78 is 0. The first-order valence-electron chi connectivity index (χ1n) is 13.3. The molecule has 4 aliphatic rings. The van der Waals surface area contributed by atoms with Crippen LogP contribution in [0.25, 0.3) is 0 Å². The second-order valence-corrected chi connectivity index (χ2v) is 16.3. The molecule has 3 heteroatoms. The molecule has 0 unspecified atom stereocenters. The summed E-state index contributed by atoms with van der Waals surface area (Å²) in [7, 11) is 0.853. The quantitative estimate of drug-likeness (QED) is 0.262. The maximum absolute atomic E-state index is 2.42. The molecule has 172 valence electrons. The van der Waals surface area contributed by atoms with E-state index in [0.29, 0.717) is 15.8 Å². The van der Waals surface area contributed by atoms with E-state index in [-0.39, 0.29) is 17.1 Å². The van der Waals surface area contributed by atoms with Gasteiger partial charge in [0.1, 0.15) is 0 Å². The summed E-state index contributed by atoms with van der Waals surface area (Å²) in [4.78, 5) is 0. The standard InChI is InChI=1S/2C13H25P.Fe/c2*1-3-11-9-10-12(4-2)14(11)13-7-5-6-8-13;/h2*11-13H,3-10H2,1-2H3;/t2*11-,12-;/m00./s1. The summed E-state index contributed by atoms with van der Waals surface area (Å²) in [6, 6.07) is 0. The first-order chi connectivity index (χ1) is 13.7. The molecular formula is C26H50FeP2. The first kappa shape index (κ1) is 26.6. The van der Waals surface area contributed by atoms with E-state index in [4.69, 9.17) is 0 Å². The van der Waals surface area contributed by atoms with Gasteiger partial charge in [-0.1, -0.05) is 69.2 Å². The van der Waals surface area contributed by atoms with Gasteiger partial charge in [-0.2, -0.15) is 0 Å². The van der Waals surface area contributed by atoms with Crippen molar-refractivity contribution in [1.82, 2.24) is 0 Å². The fourth-order valence-corrected chi connectivity index (χ4v) is 16.2. The SMILES string of the molecule is CC[C@H]1CC[C@H](CC)P1C1CCCC1.CC[C@H]1CC[C@H](CC)P1C1CCCC1.[Fe]. The normalized spacial score (nSPS) is 34.3. The molecule has 0 aromatic heterocycles. The largest absolute Gasteiger partial charge is 0.0972 e. The van der Waals surface area contributed by atoms with Gasteiger partial charge in [0.25, 0.3) is 0 Å². The topological polar surface area (TPSA) is 0 Å². The zero-order valence-electron chi connectivity index (χ0n) is 20.0. The molecule has 2 aliphatic carbocycles. The van der Waals surface area contributed by atoms with Crippen LogP contribution in [0.2, 0.25) is 0 Å². The molecule has 2 saturated carbocycles. The third kappa shape index (κ3) is 6.69. The van der Waals surface area contributed by atoms with Crippen molar-refractivity contribution in [2.24, 2.45) is 0 Å². The van der Waals surface area contributed by atoms with Gasteiger partial charge in [-0.25, -0.2) is 0 Å². The molecule has 4 atom stereocenters. The molecule has 4 fully saturated rings. The zero-order chi connectivity index (χ0) is 19.9. The van der Waals surface area contributed by atoms with E-state index in [2.05, 4.69) is 27.7 Å². The van der Waals surface area contributed by atoms with Gasteiger partial charge in [0.2, 0.25) is 0 Å². The predicted octanol–water partition coefficient (Wildman–Crippen LogP) is 9.52. The smallest absolute Gasteiger partial charge is 0 e. The molecule has 4 rings (SSSR count). The van der Waals surface area contributed by atoms with Crippen LogP contribution in [0.3, 0.4) is 0 Å². The Kier molecular flexibility index (Phi) is 12.7. The van der Waals surface area contributed by atoms with Gasteiger partial charge in [0.15, 0.2) is 0 Å². The van der Waals surface area contributed by atoms with Crippen molar-refractivity contribution in [3.8, 4) is 0 Å². The fourth-order valence-electron chi connectivity index (χ4n) is 7.22. The third-order valence-corrected chi connectivity index (χ3v) is 17.3. The van der Waals surface area contributed by atoms with Crippen molar-refractivity contribution >= 4 is 15.8 Å². The molecule has 0 aromatic rings. The summed E-state index contributed by atoms with van der Waals surface area (Å²) >= 11 is 0. The summed E-state index contributed by atoms with van der Waals surface area (Å²) in [5.41, 5.74) is 6.97. The maximum atomic E-state index is 2.42. The molecule has 0 aromatic carbocycles. The van der Waals surface area contributed by atoms with Gasteiger partial charge >= 0.3 is 0 Å². The summed E-state index contributed by atoms with van der Waals surface area (Å²) in [5.74, 6) is 0. The van der Waals surface area contributed by atoms with E-state index in [1.54, 1.807) is 51.4 Å². The van der Waals surface area contributed by atoms with E-state index in [1.165, 1.54) is 62.7 Å². The molecule has 2 aliphatic heterocycles. The van der Waals surface area contributed by atoms with E-state index in [9.17, 15) is 0 Å². The van der Waals surface area contributed by atoms with Crippen molar-refractivity contribution in [2.75, 3.05) is 0 Å². The van der Waals surface area contributed by atoms with Crippen LogP contribution in [0.5, 0.6) is 0 Å². The maximum Gasteiger partial charge on any atom is 0 e. The molecule has 2 saturated heterocycles. The Morgan fingerprint density at radius 3 is 0.897 bits per heavy atom. The van der Waals surface area contributed by atoms with Crippen LogP contribution in [0.15, 0.2) is 0 Å². The molecule has 0 spiro atoms. The third-order valence-electron chi connectivity index (χ3n) is 8.73. The number of rotatable bonds is 6. The van der Waals surface area contributed by atoms with Crippen LogP contribution in [-0.2, 0) is 17.1 Å². The minimum absolute atomic E-state index is 0. The van der Waals surface area contributed by atoms with Gasteiger partial charge < -0.3 is 0 Å². The monoisotopic (exact) mass is 480 g/mol. The van der Waals surface area contributed by atoms with Crippen molar-refractivity contribution in [1.29, 1.82) is 0 Å². The van der Waals surface area contributed by atoms with Crippen LogP contribution in [0.1, 0.15) is 130 Å². The second-order valence-electron chi connectivity index (χ2n) is 10.2. The minimum atomic E-state index is 0. The molecule has 0 N–H and O–H groups in total. The fraction of sp³-hybridized carbons (Fsp3) is 1.00. The van der Waals surface area contributed by atoms with Gasteiger partial charge in [0.05, 0.1) is 0 Å². The van der Waals surface area contributed by atoms with E-state index < -0.39 is 0 Å². The van der Waals surface area contributed by atoms with Gasteiger partial charge in [-0.05, 0) is 111 Å². The molecule has 29 heavy (non-hydrogen) atoms. The van der Waals surface area contributed by atoms with Gasteiger partial charge in [-0.3, -0.25) is 0 Å². The van der Waals surface area contributed by atoms with Crippen LogP contribution in [-0.4, -0.2) is 34.0 Å². The minimum Gasteiger partial charge on any atom is -0.0972 e. The molecular weight excluding hydrogens is 430 g/mol. The second kappa shape index (κ2) is 13.8. The molecule has 0 radical (unpaired) electrons. The number of hydrogen-bond donors (Lipinski definition) is 0. The molecule has 0 nitrogen and oxygen atoms in total. The predicted molar refractivity (Wildman–Crippen MR) is 133 cm³/mol. The van der Waals surface area contributed by atoms with E-state index in [0.717, 1.165) is 22.6 Å². The summed E-state index contributed by atoms with van der Waals surface area (Å²) in [6.45, 7) is 9.69. The zero-order valence-corrected chi connectivity index (χ0v) is 22.9. The van der Waals surface area contributed by atoms with Crippen molar-refractivity contribution in [3.05, 3.63) is 0 Å². The molecule has 2 heterocycles. The molecule has 0 amide bonds. The Morgan fingerprint density at radius 1 is 0.448 bits per heavy atom. The van der Waals surface area contributed by atoms with Crippen LogP contribution >= 0.6 is 15.8 Å². The first-order valence-corrected chi connectivity index (χ1v) is 16.4. The van der Waals surface area contributed by atoms with Crippen molar-refractivity contribution in [3.63, 3.8) is 0 Å². The Morgan fingerprint density at radius 2 is 0.690 bits per heavy atom. The van der Waals surface area contributed by atoms with Crippen LogP contribution < -0.4 is 0 Å². The Hall–Kier alpha value is 1.38. The van der Waals surface area contributed by atoms with Gasteiger partial charge in [0, 0.05) is 17.1 Å². The Labute approximate surface area is 196 Å². The van der Waals surface area contributed by atoms with E-state index >= 15 is 0 Å². The summed E-state index contributed by atoms with van der Waals surface area (Å²) in [6.07, 6.45) is 24.6. The Balaban J connectivity index is 0.000000200. The van der Waals surface area contributed by atoms with Crippen LogP contribution in [0.4, 0.5) is 0 Å². The van der Waals surface area contributed by atoms with Crippen molar-refractivity contribution < 1.29 is 17.1 Å².